The van der Waals surface area contributed by atoms with Gasteiger partial charge in [-0.2, -0.15) is 5.10 Å². The highest BCUT2D eigenvalue weighted by molar-refractivity contribution is 6.02. The maximum atomic E-state index is 12.3. The molecule has 0 bridgehead atoms. The van der Waals surface area contributed by atoms with Gasteiger partial charge in [-0.1, -0.05) is 0 Å². The largest absolute Gasteiger partial charge is 0.444 e. The predicted octanol–water partition coefficient (Wildman–Crippen LogP) is 2.76. The summed E-state index contributed by atoms with van der Waals surface area (Å²) in [4.78, 5) is 37.8. The van der Waals surface area contributed by atoms with Gasteiger partial charge in [0, 0.05) is 44.2 Å². The van der Waals surface area contributed by atoms with E-state index in [9.17, 15) is 14.4 Å². The Bertz CT molecular complexity index is 1050. The Morgan fingerprint density at radius 2 is 2.06 bits per heavy atom. The zero-order valence-electron chi connectivity index (χ0n) is 19.1. The number of carbonyl (C=O) groups is 3. The van der Waals surface area contributed by atoms with Crippen molar-refractivity contribution in [2.75, 3.05) is 25.0 Å². The molecule has 2 aliphatic rings. The van der Waals surface area contributed by atoms with Crippen molar-refractivity contribution in [2.24, 2.45) is 13.0 Å². The molecule has 2 aromatic rings. The Balaban J connectivity index is 1.40. The number of likely N-dealkylation sites (tertiary alicyclic amines) is 1. The van der Waals surface area contributed by atoms with E-state index in [0.29, 0.717) is 37.5 Å². The lowest BCUT2D eigenvalue weighted by molar-refractivity contribution is -0.134. The van der Waals surface area contributed by atoms with Gasteiger partial charge in [-0.25, -0.2) is 4.79 Å². The molecule has 1 unspecified atom stereocenters. The lowest BCUT2D eigenvalue weighted by Crippen LogP contribution is -2.39. The van der Waals surface area contributed by atoms with E-state index in [0.717, 1.165) is 29.6 Å². The standard InChI is InChI=1S/C23H31N5O4/c1-23(2,3)32-22(31)28-10-9-14(13-28)12-24-15-5-6-16-18(11-15)27(4)26-20(16)17-7-8-19(29)25-21(17)30/h5-6,11,14,17,24H,7-10,12-13H2,1-4H3,(H,25,29,30)/t14-,17?/m1/s1. The number of nitrogens with zero attached hydrogens (tertiary/aromatic N) is 3. The predicted molar refractivity (Wildman–Crippen MR) is 120 cm³/mol. The molecular formula is C23H31N5O4. The smallest absolute Gasteiger partial charge is 0.410 e. The van der Waals surface area contributed by atoms with Gasteiger partial charge in [-0.05, 0) is 57.7 Å². The van der Waals surface area contributed by atoms with Crippen LogP contribution in [0.25, 0.3) is 10.9 Å². The number of anilines is 1. The fourth-order valence-corrected chi connectivity index (χ4v) is 4.36. The van der Waals surface area contributed by atoms with Crippen LogP contribution in [0, 0.1) is 5.92 Å². The minimum Gasteiger partial charge on any atom is -0.444 e. The van der Waals surface area contributed by atoms with Crippen molar-refractivity contribution in [1.82, 2.24) is 20.0 Å². The molecule has 4 rings (SSSR count). The molecular weight excluding hydrogens is 410 g/mol. The molecule has 2 atom stereocenters. The maximum absolute atomic E-state index is 12.3. The molecule has 2 fully saturated rings. The van der Waals surface area contributed by atoms with Crippen LogP contribution in [0.3, 0.4) is 0 Å². The summed E-state index contributed by atoms with van der Waals surface area (Å²) in [7, 11) is 1.86. The average Bonchev–Trinajstić information content (AvgIpc) is 3.30. The first-order valence-electron chi connectivity index (χ1n) is 11.1. The third-order valence-corrected chi connectivity index (χ3v) is 5.98. The molecule has 9 heteroatoms. The zero-order valence-corrected chi connectivity index (χ0v) is 19.1. The number of imide groups is 1. The lowest BCUT2D eigenvalue weighted by atomic mass is 9.93. The van der Waals surface area contributed by atoms with Crippen molar-refractivity contribution in [3.63, 3.8) is 0 Å². The third kappa shape index (κ3) is 4.71. The SMILES string of the molecule is Cn1nc(C2CCC(=O)NC2=O)c2ccc(NC[C@H]3CCN(C(=O)OC(C)(C)C)C3)cc21. The number of aromatic nitrogens is 2. The van der Waals surface area contributed by atoms with Crippen LogP contribution < -0.4 is 10.6 Å². The van der Waals surface area contributed by atoms with Crippen molar-refractivity contribution in [1.29, 1.82) is 0 Å². The molecule has 0 spiro atoms. The van der Waals surface area contributed by atoms with Gasteiger partial charge in [0.05, 0.1) is 17.1 Å². The van der Waals surface area contributed by atoms with Crippen LogP contribution in [-0.2, 0) is 21.4 Å². The molecule has 2 aliphatic heterocycles. The van der Waals surface area contributed by atoms with E-state index >= 15 is 0 Å². The minimum atomic E-state index is -0.487. The van der Waals surface area contributed by atoms with Gasteiger partial charge in [0.1, 0.15) is 5.60 Å². The second kappa shape index (κ2) is 8.44. The lowest BCUT2D eigenvalue weighted by Gasteiger charge is -2.24. The van der Waals surface area contributed by atoms with Gasteiger partial charge in [0.2, 0.25) is 11.8 Å². The highest BCUT2D eigenvalue weighted by Gasteiger charge is 2.32. The number of benzene rings is 1. The van der Waals surface area contributed by atoms with E-state index in [1.165, 1.54) is 0 Å². The van der Waals surface area contributed by atoms with E-state index in [4.69, 9.17) is 4.74 Å². The number of aryl methyl sites for hydroxylation is 1. The Kier molecular flexibility index (Phi) is 5.83. The van der Waals surface area contributed by atoms with Crippen LogP contribution in [0.4, 0.5) is 10.5 Å². The van der Waals surface area contributed by atoms with Crippen LogP contribution >= 0.6 is 0 Å². The number of piperidine rings is 1. The summed E-state index contributed by atoms with van der Waals surface area (Å²) in [5.74, 6) is -0.564. The number of fused-ring (bicyclic) bond motifs is 1. The summed E-state index contributed by atoms with van der Waals surface area (Å²) in [6.07, 6.45) is 1.49. The number of hydrogen-bond donors (Lipinski definition) is 2. The summed E-state index contributed by atoms with van der Waals surface area (Å²) < 4.78 is 7.25. The average molecular weight is 442 g/mol. The van der Waals surface area contributed by atoms with E-state index in [-0.39, 0.29) is 17.9 Å². The number of carbonyl (C=O) groups excluding carboxylic acids is 3. The van der Waals surface area contributed by atoms with Crippen molar-refractivity contribution in [3.8, 4) is 0 Å². The molecule has 3 heterocycles. The fourth-order valence-electron chi connectivity index (χ4n) is 4.36. The molecule has 0 aliphatic carbocycles. The van der Waals surface area contributed by atoms with Gasteiger partial charge in [-0.15, -0.1) is 0 Å². The first-order chi connectivity index (χ1) is 15.1. The monoisotopic (exact) mass is 441 g/mol. The van der Waals surface area contributed by atoms with Gasteiger partial charge < -0.3 is 15.0 Å². The summed E-state index contributed by atoms with van der Waals surface area (Å²) in [6, 6.07) is 5.99. The Morgan fingerprint density at radius 1 is 1.28 bits per heavy atom. The van der Waals surface area contributed by atoms with E-state index in [1.54, 1.807) is 9.58 Å². The third-order valence-electron chi connectivity index (χ3n) is 5.98. The zero-order chi connectivity index (χ0) is 23.0. The van der Waals surface area contributed by atoms with Crippen LogP contribution in [-0.4, -0.2) is 57.8 Å². The highest BCUT2D eigenvalue weighted by atomic mass is 16.6. The van der Waals surface area contributed by atoms with E-state index in [1.807, 2.05) is 46.0 Å². The fraction of sp³-hybridized carbons (Fsp3) is 0.565. The number of rotatable bonds is 4. The molecule has 172 valence electrons. The molecule has 2 N–H and O–H groups in total. The molecule has 0 saturated carbocycles. The molecule has 1 aromatic carbocycles. The molecule has 2 saturated heterocycles. The van der Waals surface area contributed by atoms with Gasteiger partial charge >= 0.3 is 6.09 Å². The minimum absolute atomic E-state index is 0.227. The van der Waals surface area contributed by atoms with Crippen LogP contribution in [0.1, 0.15) is 51.6 Å². The van der Waals surface area contributed by atoms with Crippen molar-refractivity contribution in [3.05, 3.63) is 23.9 Å². The summed E-state index contributed by atoms with van der Waals surface area (Å²) in [6.45, 7) is 7.76. The molecule has 0 radical (unpaired) electrons. The van der Waals surface area contributed by atoms with Crippen molar-refractivity contribution in [2.45, 2.75) is 51.6 Å². The van der Waals surface area contributed by atoms with Gasteiger partial charge in [0.25, 0.3) is 0 Å². The van der Waals surface area contributed by atoms with Crippen LogP contribution in [0.15, 0.2) is 18.2 Å². The summed E-state index contributed by atoms with van der Waals surface area (Å²) >= 11 is 0. The maximum Gasteiger partial charge on any atom is 0.410 e. The number of hydrogen-bond acceptors (Lipinski definition) is 6. The first kappa shape index (κ1) is 22.1. The molecule has 3 amide bonds. The normalized spacial score (nSPS) is 21.7. The summed E-state index contributed by atoms with van der Waals surface area (Å²) in [5, 5.41) is 11.4. The summed E-state index contributed by atoms with van der Waals surface area (Å²) in [5.41, 5.74) is 2.11. The number of amides is 3. The Morgan fingerprint density at radius 3 is 2.78 bits per heavy atom. The Labute approximate surface area is 187 Å². The Hall–Kier alpha value is -3.10. The highest BCUT2D eigenvalue weighted by Crippen LogP contribution is 2.31. The van der Waals surface area contributed by atoms with Crippen LogP contribution in [0.2, 0.25) is 0 Å². The van der Waals surface area contributed by atoms with Gasteiger partial charge in [-0.3, -0.25) is 19.6 Å². The number of ether oxygens (including phenoxy) is 1. The quantitative estimate of drug-likeness (QED) is 0.707. The molecule has 1 aromatic heterocycles. The number of nitrogens with one attached hydrogen (secondary N) is 2. The van der Waals surface area contributed by atoms with Gasteiger partial charge in [0.15, 0.2) is 0 Å². The first-order valence-corrected chi connectivity index (χ1v) is 11.1. The molecule has 32 heavy (non-hydrogen) atoms. The van der Waals surface area contributed by atoms with E-state index in [2.05, 4.69) is 15.7 Å². The van der Waals surface area contributed by atoms with Crippen molar-refractivity contribution < 1.29 is 19.1 Å². The van der Waals surface area contributed by atoms with E-state index < -0.39 is 11.5 Å². The second-order valence-electron chi connectivity index (χ2n) is 9.71. The van der Waals surface area contributed by atoms with Crippen molar-refractivity contribution >= 4 is 34.5 Å². The second-order valence-corrected chi connectivity index (χ2v) is 9.71. The van der Waals surface area contributed by atoms with Crippen LogP contribution in [0.5, 0.6) is 0 Å². The topological polar surface area (TPSA) is 106 Å². The molecule has 9 nitrogen and oxygen atoms in total.